The molecule has 7 nitrogen and oxygen atoms in total. The highest BCUT2D eigenvalue weighted by Gasteiger charge is 2.31. The molecule has 1 aliphatic carbocycles. The van der Waals surface area contributed by atoms with Gasteiger partial charge in [0, 0.05) is 10.8 Å². The minimum atomic E-state index is -0.582. The molecule has 0 bridgehead atoms. The highest BCUT2D eigenvalue weighted by Crippen LogP contribution is 2.41. The predicted molar refractivity (Wildman–Crippen MR) is 83.3 cm³/mol. The lowest BCUT2D eigenvalue weighted by Gasteiger charge is -2.02. The summed E-state index contributed by atoms with van der Waals surface area (Å²) in [7, 11) is 0. The first-order valence-electron chi connectivity index (χ1n) is 7.15. The lowest BCUT2D eigenvalue weighted by Crippen LogP contribution is -2.29. The number of thiophene rings is 1. The van der Waals surface area contributed by atoms with E-state index >= 15 is 0 Å². The average Bonchev–Trinajstić information content (AvgIpc) is 3.19. The molecule has 2 N–H and O–H groups in total. The molecule has 0 aliphatic heterocycles. The fourth-order valence-electron chi connectivity index (χ4n) is 2.75. The molecule has 0 atom stereocenters. The Morgan fingerprint density at radius 2 is 2.14 bits per heavy atom. The van der Waals surface area contributed by atoms with Gasteiger partial charge in [0.2, 0.25) is 5.91 Å². The topological polar surface area (TPSA) is 95.3 Å². The van der Waals surface area contributed by atoms with Crippen LogP contribution in [0.4, 0.5) is 0 Å². The van der Waals surface area contributed by atoms with Crippen molar-refractivity contribution in [1.29, 1.82) is 0 Å². The molecular weight excluding hydrogens is 302 g/mol. The number of carbonyl (C=O) groups excluding carboxylic acids is 1. The molecular formula is C14H15N5O2S. The van der Waals surface area contributed by atoms with E-state index in [-0.39, 0.29) is 12.2 Å². The maximum absolute atomic E-state index is 12.6. The molecule has 3 aromatic heterocycles. The highest BCUT2D eigenvalue weighted by molar-refractivity contribution is 7.18. The van der Waals surface area contributed by atoms with E-state index in [1.807, 2.05) is 13.8 Å². The van der Waals surface area contributed by atoms with Gasteiger partial charge in [0.05, 0.1) is 5.39 Å². The maximum Gasteiger partial charge on any atom is 0.352 e. The number of aryl methyl sites for hydroxylation is 2. The van der Waals surface area contributed by atoms with Gasteiger partial charge < -0.3 is 5.73 Å². The number of primary amides is 1. The smallest absolute Gasteiger partial charge is 0.352 e. The number of fused-ring (bicyclic) bond motifs is 3. The van der Waals surface area contributed by atoms with Crippen molar-refractivity contribution in [3.8, 4) is 0 Å². The molecule has 3 aromatic rings. The quantitative estimate of drug-likeness (QED) is 0.782. The largest absolute Gasteiger partial charge is 0.368 e. The summed E-state index contributed by atoms with van der Waals surface area (Å²) in [6.45, 7) is 3.83. The number of rotatable bonds is 3. The molecule has 1 saturated carbocycles. The van der Waals surface area contributed by atoms with Crippen molar-refractivity contribution in [2.24, 2.45) is 5.73 Å². The second-order valence-electron chi connectivity index (χ2n) is 5.77. The van der Waals surface area contributed by atoms with E-state index in [1.54, 1.807) is 15.7 Å². The van der Waals surface area contributed by atoms with Crippen LogP contribution in [0, 0.1) is 13.8 Å². The van der Waals surface area contributed by atoms with Crippen LogP contribution < -0.4 is 11.4 Å². The number of aromatic nitrogens is 4. The predicted octanol–water partition coefficient (Wildman–Crippen LogP) is 1.09. The van der Waals surface area contributed by atoms with E-state index in [9.17, 15) is 9.59 Å². The zero-order valence-electron chi connectivity index (χ0n) is 12.3. The van der Waals surface area contributed by atoms with Crippen LogP contribution in [0.1, 0.15) is 35.0 Å². The van der Waals surface area contributed by atoms with Gasteiger partial charge in [0.15, 0.2) is 5.65 Å². The van der Waals surface area contributed by atoms with Gasteiger partial charge in [0.25, 0.3) is 0 Å². The Morgan fingerprint density at radius 3 is 2.77 bits per heavy atom. The van der Waals surface area contributed by atoms with Crippen molar-refractivity contribution in [2.75, 3.05) is 0 Å². The third-order valence-electron chi connectivity index (χ3n) is 4.12. The van der Waals surface area contributed by atoms with Crippen LogP contribution in [0.3, 0.4) is 0 Å². The monoisotopic (exact) mass is 317 g/mol. The van der Waals surface area contributed by atoms with Gasteiger partial charge in [-0.1, -0.05) is 0 Å². The first kappa shape index (κ1) is 13.4. The van der Waals surface area contributed by atoms with Gasteiger partial charge in [-0.3, -0.25) is 4.79 Å². The third kappa shape index (κ3) is 1.80. The number of amides is 1. The van der Waals surface area contributed by atoms with Crippen LogP contribution >= 0.6 is 11.3 Å². The standard InChI is InChI=1S/C14H15N5O2S/c1-6-7(2)22-13-10(6)12-17-18(5-9(15)20)14(21)19(12)11(16-13)8-3-4-8/h8H,3-5H2,1-2H3,(H2,15,20). The van der Waals surface area contributed by atoms with E-state index in [2.05, 4.69) is 5.10 Å². The number of nitrogens with zero attached hydrogens (tertiary/aromatic N) is 4. The van der Waals surface area contributed by atoms with Crippen LogP contribution in [-0.4, -0.2) is 25.1 Å². The fourth-order valence-corrected chi connectivity index (χ4v) is 3.78. The van der Waals surface area contributed by atoms with Crippen molar-refractivity contribution in [3.05, 3.63) is 26.7 Å². The molecule has 8 heteroatoms. The Balaban J connectivity index is 2.15. The summed E-state index contributed by atoms with van der Waals surface area (Å²) in [4.78, 5) is 30.5. The van der Waals surface area contributed by atoms with Crippen molar-refractivity contribution >= 4 is 33.1 Å². The summed E-state index contributed by atoms with van der Waals surface area (Å²) < 4.78 is 2.69. The second-order valence-corrected chi connectivity index (χ2v) is 6.98. The molecule has 1 amide bonds. The van der Waals surface area contributed by atoms with Crippen LogP contribution in [0.25, 0.3) is 15.9 Å². The molecule has 0 radical (unpaired) electrons. The zero-order chi connectivity index (χ0) is 15.6. The molecule has 1 fully saturated rings. The lowest BCUT2D eigenvalue weighted by molar-refractivity contribution is -0.118. The molecule has 0 aromatic carbocycles. The number of carbonyl (C=O) groups is 1. The minimum absolute atomic E-state index is 0.214. The number of nitrogens with two attached hydrogens (primary N) is 1. The Morgan fingerprint density at radius 1 is 1.41 bits per heavy atom. The molecule has 4 rings (SSSR count). The van der Waals surface area contributed by atoms with Crippen molar-refractivity contribution < 1.29 is 4.79 Å². The molecule has 3 heterocycles. The summed E-state index contributed by atoms with van der Waals surface area (Å²) in [5.41, 5.74) is 6.53. The Labute approximate surface area is 129 Å². The van der Waals surface area contributed by atoms with Gasteiger partial charge in [-0.05, 0) is 32.3 Å². The van der Waals surface area contributed by atoms with Crippen LogP contribution in [0.15, 0.2) is 4.79 Å². The lowest BCUT2D eigenvalue weighted by atomic mass is 10.2. The summed E-state index contributed by atoms with van der Waals surface area (Å²) in [6, 6.07) is 0. The third-order valence-corrected chi connectivity index (χ3v) is 5.22. The zero-order valence-corrected chi connectivity index (χ0v) is 13.1. The van der Waals surface area contributed by atoms with E-state index < -0.39 is 5.91 Å². The maximum atomic E-state index is 12.6. The van der Waals surface area contributed by atoms with Crippen LogP contribution in [-0.2, 0) is 11.3 Å². The fraction of sp³-hybridized carbons (Fsp3) is 0.429. The molecule has 0 spiro atoms. The molecule has 0 unspecified atom stereocenters. The number of hydrogen-bond acceptors (Lipinski definition) is 5. The van der Waals surface area contributed by atoms with E-state index in [0.717, 1.165) is 44.0 Å². The van der Waals surface area contributed by atoms with Gasteiger partial charge in [-0.25, -0.2) is 18.9 Å². The van der Waals surface area contributed by atoms with Crippen LogP contribution in [0.5, 0.6) is 0 Å². The second kappa shape index (κ2) is 4.39. The minimum Gasteiger partial charge on any atom is -0.368 e. The number of hydrogen-bond donors (Lipinski definition) is 1. The Kier molecular flexibility index (Phi) is 2.68. The molecule has 0 saturated heterocycles. The first-order valence-corrected chi connectivity index (χ1v) is 7.96. The normalized spacial score (nSPS) is 15.0. The van der Waals surface area contributed by atoms with E-state index in [1.165, 1.54) is 0 Å². The van der Waals surface area contributed by atoms with E-state index in [0.29, 0.717) is 11.6 Å². The van der Waals surface area contributed by atoms with Crippen molar-refractivity contribution in [2.45, 2.75) is 39.2 Å². The van der Waals surface area contributed by atoms with Gasteiger partial charge in [-0.15, -0.1) is 16.4 Å². The van der Waals surface area contributed by atoms with Crippen molar-refractivity contribution in [1.82, 2.24) is 19.2 Å². The summed E-state index contributed by atoms with van der Waals surface area (Å²) >= 11 is 1.61. The van der Waals surface area contributed by atoms with Crippen LogP contribution in [0.2, 0.25) is 0 Å². The van der Waals surface area contributed by atoms with Crippen molar-refractivity contribution in [3.63, 3.8) is 0 Å². The first-order chi connectivity index (χ1) is 10.5. The van der Waals surface area contributed by atoms with E-state index in [4.69, 9.17) is 10.7 Å². The SMILES string of the molecule is Cc1sc2nc(C3CC3)n3c(=O)n(CC(N)=O)nc3c2c1C. The Hall–Kier alpha value is -2.22. The summed E-state index contributed by atoms with van der Waals surface area (Å²) in [5.74, 6) is 0.476. The highest BCUT2D eigenvalue weighted by atomic mass is 32.1. The average molecular weight is 317 g/mol. The molecule has 22 heavy (non-hydrogen) atoms. The Bertz CT molecular complexity index is 992. The van der Waals surface area contributed by atoms with Gasteiger partial charge >= 0.3 is 5.69 Å². The molecule has 1 aliphatic rings. The van der Waals surface area contributed by atoms with Gasteiger partial charge in [-0.2, -0.15) is 0 Å². The van der Waals surface area contributed by atoms with Gasteiger partial charge in [0.1, 0.15) is 17.2 Å². The summed E-state index contributed by atoms with van der Waals surface area (Å²) in [5, 5.41) is 5.25. The summed E-state index contributed by atoms with van der Waals surface area (Å²) in [6.07, 6.45) is 2.06. The molecule has 114 valence electrons.